The zero-order valence-corrected chi connectivity index (χ0v) is 13.7. The first kappa shape index (κ1) is 15.0. The number of benzene rings is 2. The van der Waals surface area contributed by atoms with E-state index in [2.05, 4.69) is 69.3 Å². The van der Waals surface area contributed by atoms with Crippen molar-refractivity contribution in [2.75, 3.05) is 7.05 Å². The fourth-order valence-corrected chi connectivity index (χ4v) is 8.38. The van der Waals surface area contributed by atoms with E-state index >= 15 is 0 Å². The first-order valence-corrected chi connectivity index (χ1v) is 8.89. The van der Waals surface area contributed by atoms with Crippen molar-refractivity contribution in [1.29, 1.82) is 0 Å². The Labute approximate surface area is 122 Å². The lowest BCUT2D eigenvalue weighted by Gasteiger charge is -2.46. The first-order chi connectivity index (χ1) is 9.40. The van der Waals surface area contributed by atoms with Crippen LogP contribution in [0, 0.1) is 0 Å². The van der Waals surface area contributed by atoms with E-state index in [1.165, 1.54) is 15.1 Å². The minimum absolute atomic E-state index is 0.0425. The summed E-state index contributed by atoms with van der Waals surface area (Å²) in [6.45, 7) is 6.64. The van der Waals surface area contributed by atoms with Crippen LogP contribution in [-0.4, -0.2) is 25.2 Å². The van der Waals surface area contributed by atoms with E-state index in [4.69, 9.17) is 0 Å². The molecule has 2 nitrogen and oxygen atoms in total. The molecule has 0 aliphatic rings. The second-order valence-corrected chi connectivity index (χ2v) is 10.9. The second-order valence-electron chi connectivity index (χ2n) is 6.22. The first-order valence-electron chi connectivity index (χ1n) is 6.94. The van der Waals surface area contributed by atoms with Gasteiger partial charge in [-0.25, -0.2) is 4.73 Å². The predicted molar refractivity (Wildman–Crippen MR) is 87.2 cm³/mol. The van der Waals surface area contributed by atoms with Crippen molar-refractivity contribution in [1.82, 2.24) is 4.73 Å². The third-order valence-corrected chi connectivity index (χ3v) is 9.43. The molecular formula is C17H23NOSi. The summed E-state index contributed by atoms with van der Waals surface area (Å²) in [6, 6.07) is 20.8. The Balaban J connectivity index is 2.78. The van der Waals surface area contributed by atoms with E-state index in [1.807, 2.05) is 12.1 Å². The highest BCUT2D eigenvalue weighted by Crippen LogP contribution is 2.36. The molecule has 20 heavy (non-hydrogen) atoms. The maximum Gasteiger partial charge on any atom is 0.226 e. The summed E-state index contributed by atoms with van der Waals surface area (Å²) >= 11 is 0. The highest BCUT2D eigenvalue weighted by atomic mass is 28.3. The quantitative estimate of drug-likeness (QED) is 0.692. The number of rotatable bonds is 3. The van der Waals surface area contributed by atoms with E-state index < -0.39 is 8.24 Å². The van der Waals surface area contributed by atoms with E-state index in [0.29, 0.717) is 0 Å². The summed E-state index contributed by atoms with van der Waals surface area (Å²) < 4.78 is 1.48. The zero-order chi connectivity index (χ0) is 14.8. The maximum atomic E-state index is 10.6. The molecule has 0 unspecified atom stereocenters. The smallest absolute Gasteiger partial charge is 0.226 e. The number of hydrogen-bond donors (Lipinski definition) is 1. The third-order valence-electron chi connectivity index (χ3n) is 3.95. The minimum Gasteiger partial charge on any atom is -0.321 e. The number of hydroxylamine groups is 1. The van der Waals surface area contributed by atoms with Crippen LogP contribution in [0.4, 0.5) is 0 Å². The molecule has 0 spiro atoms. The number of nitrogens with zero attached hydrogens (tertiary/aromatic N) is 1. The molecule has 0 heterocycles. The molecule has 1 N–H and O–H groups in total. The fraction of sp³-hybridized carbons (Fsp3) is 0.294. The van der Waals surface area contributed by atoms with Gasteiger partial charge in [-0.05, 0) is 15.4 Å². The Morgan fingerprint density at radius 1 is 0.800 bits per heavy atom. The molecule has 2 rings (SSSR count). The fourth-order valence-electron chi connectivity index (χ4n) is 3.25. The van der Waals surface area contributed by atoms with Gasteiger partial charge in [0, 0.05) is 7.05 Å². The van der Waals surface area contributed by atoms with Crippen LogP contribution >= 0.6 is 0 Å². The summed E-state index contributed by atoms with van der Waals surface area (Å²) in [7, 11) is -0.649. The summed E-state index contributed by atoms with van der Waals surface area (Å²) in [5.41, 5.74) is 0. The van der Waals surface area contributed by atoms with Crippen molar-refractivity contribution in [2.45, 2.75) is 25.8 Å². The van der Waals surface area contributed by atoms with Gasteiger partial charge in [-0.2, -0.15) is 0 Å². The van der Waals surface area contributed by atoms with Crippen LogP contribution in [0.25, 0.3) is 0 Å². The summed E-state index contributed by atoms with van der Waals surface area (Å²) in [4.78, 5) is 0. The number of hydrogen-bond acceptors (Lipinski definition) is 2. The molecule has 0 aliphatic heterocycles. The Hall–Kier alpha value is -1.42. The Morgan fingerprint density at radius 3 is 1.40 bits per heavy atom. The zero-order valence-electron chi connectivity index (χ0n) is 12.7. The minimum atomic E-state index is -2.44. The van der Waals surface area contributed by atoms with Crippen molar-refractivity contribution < 1.29 is 5.21 Å². The molecule has 0 aliphatic carbocycles. The Bertz CT molecular complexity index is 507. The van der Waals surface area contributed by atoms with Gasteiger partial charge in [0.25, 0.3) is 0 Å². The Kier molecular flexibility index (Phi) is 4.13. The van der Waals surface area contributed by atoms with Gasteiger partial charge in [-0.1, -0.05) is 81.4 Å². The lowest BCUT2D eigenvalue weighted by molar-refractivity contribution is 0.0157. The molecule has 0 atom stereocenters. The standard InChI is InChI=1S/C17H23NOSi/c1-17(2,3)20(18(4)19,15-11-7-5-8-12-15)16-13-9-6-10-14-16/h5-14,19H,1-4H3. The van der Waals surface area contributed by atoms with Gasteiger partial charge < -0.3 is 5.21 Å². The second kappa shape index (κ2) is 5.52. The molecule has 0 radical (unpaired) electrons. The Morgan fingerprint density at radius 2 is 1.15 bits per heavy atom. The average Bonchev–Trinajstić information content (AvgIpc) is 2.40. The van der Waals surface area contributed by atoms with Crippen molar-refractivity contribution in [3.63, 3.8) is 0 Å². The molecular weight excluding hydrogens is 262 g/mol. The molecule has 0 aromatic heterocycles. The van der Waals surface area contributed by atoms with Crippen molar-refractivity contribution in [3.8, 4) is 0 Å². The molecule has 0 saturated carbocycles. The monoisotopic (exact) mass is 285 g/mol. The maximum absolute atomic E-state index is 10.6. The van der Waals surface area contributed by atoms with Crippen LogP contribution in [0.2, 0.25) is 5.04 Å². The predicted octanol–water partition coefficient (Wildman–Crippen LogP) is 2.87. The van der Waals surface area contributed by atoms with Crippen molar-refractivity contribution in [2.24, 2.45) is 0 Å². The van der Waals surface area contributed by atoms with Crippen molar-refractivity contribution >= 4 is 18.6 Å². The van der Waals surface area contributed by atoms with Crippen LogP contribution in [0.1, 0.15) is 20.8 Å². The van der Waals surface area contributed by atoms with Crippen molar-refractivity contribution in [3.05, 3.63) is 60.7 Å². The van der Waals surface area contributed by atoms with Gasteiger partial charge in [0.1, 0.15) is 0 Å². The van der Waals surface area contributed by atoms with E-state index in [9.17, 15) is 5.21 Å². The van der Waals surface area contributed by atoms with Crippen LogP contribution < -0.4 is 10.4 Å². The molecule has 2 aromatic rings. The topological polar surface area (TPSA) is 23.5 Å². The summed E-state index contributed by atoms with van der Waals surface area (Å²) in [5.74, 6) is 0. The van der Waals surface area contributed by atoms with Crippen LogP contribution in [0.3, 0.4) is 0 Å². The lowest BCUT2D eigenvalue weighted by Crippen LogP contribution is -2.73. The summed E-state index contributed by atoms with van der Waals surface area (Å²) in [5, 5.41) is 13.0. The SMILES string of the molecule is CN(O)[Si](c1ccccc1)(c1ccccc1)C(C)(C)C. The van der Waals surface area contributed by atoms with Crippen LogP contribution in [0.5, 0.6) is 0 Å². The van der Waals surface area contributed by atoms with E-state index in [-0.39, 0.29) is 5.04 Å². The van der Waals surface area contributed by atoms with Gasteiger partial charge in [0.05, 0.1) is 0 Å². The molecule has 106 valence electrons. The third kappa shape index (κ3) is 2.33. The highest BCUT2D eigenvalue weighted by Gasteiger charge is 2.51. The summed E-state index contributed by atoms with van der Waals surface area (Å²) in [6.07, 6.45) is 0. The van der Waals surface area contributed by atoms with Crippen LogP contribution in [0.15, 0.2) is 60.7 Å². The average molecular weight is 285 g/mol. The molecule has 0 fully saturated rings. The van der Waals surface area contributed by atoms with E-state index in [0.717, 1.165) is 0 Å². The van der Waals surface area contributed by atoms with E-state index in [1.54, 1.807) is 7.05 Å². The normalized spacial score (nSPS) is 12.7. The van der Waals surface area contributed by atoms with Gasteiger partial charge in [0.15, 0.2) is 0 Å². The molecule has 2 aromatic carbocycles. The van der Waals surface area contributed by atoms with Gasteiger partial charge in [0.2, 0.25) is 8.24 Å². The van der Waals surface area contributed by atoms with Gasteiger partial charge >= 0.3 is 0 Å². The highest BCUT2D eigenvalue weighted by molar-refractivity contribution is 7.01. The van der Waals surface area contributed by atoms with Gasteiger partial charge in [-0.15, -0.1) is 0 Å². The molecule has 0 amide bonds. The van der Waals surface area contributed by atoms with Crippen LogP contribution in [-0.2, 0) is 0 Å². The largest absolute Gasteiger partial charge is 0.321 e. The van der Waals surface area contributed by atoms with Gasteiger partial charge in [-0.3, -0.25) is 0 Å². The molecule has 3 heteroatoms. The molecule has 0 bridgehead atoms. The lowest BCUT2D eigenvalue weighted by atomic mass is 10.2. The molecule has 0 saturated heterocycles.